The maximum atomic E-state index is 12.5. The Labute approximate surface area is 113 Å². The molecule has 106 valence electrons. The number of hydrogen-bond donors (Lipinski definition) is 2. The summed E-state index contributed by atoms with van der Waals surface area (Å²) in [4.78, 5) is 24.9. The minimum atomic E-state index is 0.00319. The lowest BCUT2D eigenvalue weighted by Crippen LogP contribution is -2.44. The van der Waals surface area contributed by atoms with Gasteiger partial charge >= 0.3 is 0 Å². The van der Waals surface area contributed by atoms with Gasteiger partial charge in [-0.3, -0.25) is 9.59 Å². The van der Waals surface area contributed by atoms with Crippen molar-refractivity contribution >= 4 is 12.3 Å². The summed E-state index contributed by atoms with van der Waals surface area (Å²) in [5.74, 6) is 0.564. The van der Waals surface area contributed by atoms with E-state index in [4.69, 9.17) is 4.74 Å². The highest BCUT2D eigenvalue weighted by atomic mass is 16.5. The Hall–Kier alpha value is -1.56. The molecule has 0 unspecified atom stereocenters. The summed E-state index contributed by atoms with van der Waals surface area (Å²) >= 11 is 0. The summed E-state index contributed by atoms with van der Waals surface area (Å²) in [7, 11) is 1.83. The highest BCUT2D eigenvalue weighted by Crippen LogP contribution is 2.20. The molecular weight excluding hydrogens is 246 g/mol. The Morgan fingerprint density at radius 3 is 2.89 bits per heavy atom. The van der Waals surface area contributed by atoms with Gasteiger partial charge in [-0.2, -0.15) is 0 Å². The maximum absolute atomic E-state index is 12.5. The van der Waals surface area contributed by atoms with Crippen molar-refractivity contribution in [3.05, 3.63) is 11.4 Å². The van der Waals surface area contributed by atoms with E-state index in [1.807, 2.05) is 7.05 Å². The standard InChI is InChI=1S/C13H21N3O3/c1-16(10-4-7-19-8-5-10)13(18)11-3-2-6-14-12(11)15-9-17/h9-10,14H,2-8H2,1H3,(H,15,17). The van der Waals surface area contributed by atoms with Gasteiger partial charge in [0.15, 0.2) is 0 Å². The molecule has 2 N–H and O–H groups in total. The van der Waals surface area contributed by atoms with Crippen LogP contribution in [0, 0.1) is 0 Å². The summed E-state index contributed by atoms with van der Waals surface area (Å²) in [6.45, 7) is 2.20. The second-order valence-electron chi connectivity index (χ2n) is 4.91. The second kappa shape index (κ2) is 6.56. The molecule has 2 aliphatic rings. The summed E-state index contributed by atoms with van der Waals surface area (Å²) < 4.78 is 5.31. The normalized spacial score (nSPS) is 20.7. The van der Waals surface area contributed by atoms with Crippen LogP contribution in [0.1, 0.15) is 25.7 Å². The lowest BCUT2D eigenvalue weighted by atomic mass is 10.0. The first-order valence-electron chi connectivity index (χ1n) is 6.76. The van der Waals surface area contributed by atoms with Crippen molar-refractivity contribution in [1.29, 1.82) is 0 Å². The summed E-state index contributed by atoms with van der Waals surface area (Å²) in [6, 6.07) is 0.230. The van der Waals surface area contributed by atoms with Gasteiger partial charge in [0.1, 0.15) is 5.82 Å². The molecule has 0 aromatic carbocycles. The molecule has 2 aliphatic heterocycles. The SMILES string of the molecule is CN(C(=O)C1=C(NC=O)NCCC1)C1CCOCC1. The molecular formula is C13H21N3O3. The van der Waals surface area contributed by atoms with Gasteiger partial charge in [0.2, 0.25) is 6.41 Å². The molecule has 2 rings (SSSR count). The molecule has 0 aromatic rings. The van der Waals surface area contributed by atoms with Gasteiger partial charge in [-0.25, -0.2) is 0 Å². The van der Waals surface area contributed by atoms with Gasteiger partial charge in [0.05, 0.1) is 5.57 Å². The van der Waals surface area contributed by atoms with Crippen molar-refractivity contribution in [2.45, 2.75) is 31.7 Å². The van der Waals surface area contributed by atoms with Gasteiger partial charge in [-0.15, -0.1) is 0 Å². The zero-order chi connectivity index (χ0) is 13.7. The Bertz CT molecular complexity index is 375. The Morgan fingerprint density at radius 1 is 1.47 bits per heavy atom. The average molecular weight is 267 g/mol. The van der Waals surface area contributed by atoms with E-state index in [0.717, 1.165) is 25.8 Å². The van der Waals surface area contributed by atoms with E-state index in [2.05, 4.69) is 10.6 Å². The number of nitrogens with one attached hydrogen (secondary N) is 2. The zero-order valence-electron chi connectivity index (χ0n) is 11.3. The molecule has 0 bridgehead atoms. The fourth-order valence-corrected chi connectivity index (χ4v) is 2.57. The largest absolute Gasteiger partial charge is 0.381 e. The zero-order valence-corrected chi connectivity index (χ0v) is 11.3. The average Bonchev–Trinajstić information content (AvgIpc) is 2.47. The molecule has 2 heterocycles. The van der Waals surface area contributed by atoms with E-state index in [1.54, 1.807) is 4.90 Å². The number of amides is 2. The monoisotopic (exact) mass is 267 g/mol. The first-order chi connectivity index (χ1) is 9.24. The predicted octanol–water partition coefficient (Wildman–Crippen LogP) is -0.0352. The van der Waals surface area contributed by atoms with Crippen molar-refractivity contribution < 1.29 is 14.3 Å². The number of nitrogens with zero attached hydrogens (tertiary/aromatic N) is 1. The lowest BCUT2D eigenvalue weighted by Gasteiger charge is -2.33. The number of hydrogen-bond acceptors (Lipinski definition) is 4. The van der Waals surface area contributed by atoms with E-state index in [0.29, 0.717) is 37.4 Å². The molecule has 0 saturated carbocycles. The fraction of sp³-hybridized carbons (Fsp3) is 0.692. The molecule has 6 heteroatoms. The van der Waals surface area contributed by atoms with Crippen LogP contribution < -0.4 is 10.6 Å². The van der Waals surface area contributed by atoms with Crippen LogP contribution in [0.2, 0.25) is 0 Å². The number of likely N-dealkylation sites (N-methyl/N-ethyl adjacent to an activating group) is 1. The molecule has 2 amide bonds. The molecule has 0 aromatic heterocycles. The molecule has 0 atom stereocenters. The summed E-state index contributed by atoms with van der Waals surface area (Å²) in [5.41, 5.74) is 0.673. The van der Waals surface area contributed by atoms with Crippen molar-refractivity contribution in [3.8, 4) is 0 Å². The van der Waals surface area contributed by atoms with Crippen molar-refractivity contribution in [2.75, 3.05) is 26.8 Å². The van der Waals surface area contributed by atoms with Crippen LogP contribution >= 0.6 is 0 Å². The van der Waals surface area contributed by atoms with Gasteiger partial charge in [0, 0.05) is 32.8 Å². The number of carbonyl (C=O) groups is 2. The molecule has 6 nitrogen and oxygen atoms in total. The third-order valence-electron chi connectivity index (χ3n) is 3.73. The smallest absolute Gasteiger partial charge is 0.253 e. The van der Waals surface area contributed by atoms with Gasteiger partial charge in [-0.1, -0.05) is 0 Å². The summed E-state index contributed by atoms with van der Waals surface area (Å²) in [6.07, 6.45) is 3.97. The number of rotatable bonds is 4. The van der Waals surface area contributed by atoms with Crippen LogP contribution in [-0.2, 0) is 14.3 Å². The van der Waals surface area contributed by atoms with Crippen LogP contribution in [-0.4, -0.2) is 50.1 Å². The fourth-order valence-electron chi connectivity index (χ4n) is 2.57. The van der Waals surface area contributed by atoms with Gasteiger partial charge in [-0.05, 0) is 25.7 Å². The Morgan fingerprint density at radius 2 is 2.21 bits per heavy atom. The minimum absolute atomic E-state index is 0.00319. The van der Waals surface area contributed by atoms with E-state index in [1.165, 1.54) is 0 Å². The lowest BCUT2D eigenvalue weighted by molar-refractivity contribution is -0.129. The first kappa shape index (κ1) is 13.9. The topological polar surface area (TPSA) is 70.7 Å². The predicted molar refractivity (Wildman–Crippen MR) is 70.1 cm³/mol. The van der Waals surface area contributed by atoms with Crippen LogP contribution in [0.4, 0.5) is 0 Å². The molecule has 19 heavy (non-hydrogen) atoms. The third-order valence-corrected chi connectivity index (χ3v) is 3.73. The first-order valence-corrected chi connectivity index (χ1v) is 6.76. The van der Waals surface area contributed by atoms with E-state index in [9.17, 15) is 9.59 Å². The second-order valence-corrected chi connectivity index (χ2v) is 4.91. The minimum Gasteiger partial charge on any atom is -0.381 e. The number of ether oxygens (including phenoxy) is 1. The van der Waals surface area contributed by atoms with Crippen LogP contribution in [0.15, 0.2) is 11.4 Å². The van der Waals surface area contributed by atoms with Crippen molar-refractivity contribution in [3.63, 3.8) is 0 Å². The maximum Gasteiger partial charge on any atom is 0.253 e. The van der Waals surface area contributed by atoms with E-state index < -0.39 is 0 Å². The van der Waals surface area contributed by atoms with E-state index in [-0.39, 0.29) is 11.9 Å². The van der Waals surface area contributed by atoms with E-state index >= 15 is 0 Å². The summed E-state index contributed by atoms with van der Waals surface area (Å²) in [5, 5.41) is 5.66. The van der Waals surface area contributed by atoms with Crippen LogP contribution in [0.5, 0.6) is 0 Å². The molecule has 1 fully saturated rings. The van der Waals surface area contributed by atoms with Crippen molar-refractivity contribution in [2.24, 2.45) is 0 Å². The highest BCUT2D eigenvalue weighted by Gasteiger charge is 2.27. The highest BCUT2D eigenvalue weighted by molar-refractivity contribution is 5.94. The van der Waals surface area contributed by atoms with Gasteiger partial charge < -0.3 is 20.3 Å². The number of carbonyl (C=O) groups excluding carboxylic acids is 2. The van der Waals surface area contributed by atoms with Crippen LogP contribution in [0.3, 0.4) is 0 Å². The van der Waals surface area contributed by atoms with Crippen LogP contribution in [0.25, 0.3) is 0 Å². The van der Waals surface area contributed by atoms with Gasteiger partial charge in [0.25, 0.3) is 5.91 Å². The third kappa shape index (κ3) is 3.26. The van der Waals surface area contributed by atoms with Crippen molar-refractivity contribution in [1.82, 2.24) is 15.5 Å². The molecule has 0 spiro atoms. The Kier molecular flexibility index (Phi) is 4.79. The Balaban J connectivity index is 2.09. The molecule has 1 saturated heterocycles. The quantitative estimate of drug-likeness (QED) is 0.702. The molecule has 0 aliphatic carbocycles. The molecule has 0 radical (unpaired) electrons.